The van der Waals surface area contributed by atoms with Gasteiger partial charge in [0.15, 0.2) is 6.10 Å². The summed E-state index contributed by atoms with van der Waals surface area (Å²) in [7, 11) is 1.33. The Morgan fingerprint density at radius 1 is 1.07 bits per heavy atom. The predicted molar refractivity (Wildman–Crippen MR) is 99.4 cm³/mol. The molecular weight excluding hydrogens is 346 g/mol. The van der Waals surface area contributed by atoms with Crippen LogP contribution in [0, 0.1) is 0 Å². The van der Waals surface area contributed by atoms with Crippen molar-refractivity contribution in [3.05, 3.63) is 35.4 Å². The van der Waals surface area contributed by atoms with Crippen LogP contribution in [-0.2, 0) is 19.2 Å². The van der Waals surface area contributed by atoms with Gasteiger partial charge in [-0.1, -0.05) is 37.1 Å². The maximum absolute atomic E-state index is 12.8. The number of likely N-dealkylation sites (tertiary alicyclic amines) is 1. The summed E-state index contributed by atoms with van der Waals surface area (Å²) >= 11 is 0. The number of nitrogens with zero attached hydrogens (tertiary/aromatic N) is 1. The first-order valence-electron chi connectivity index (χ1n) is 9.93. The van der Waals surface area contributed by atoms with Crippen LogP contribution in [0.5, 0.6) is 0 Å². The number of ether oxygens (including phenoxy) is 1. The molecule has 1 aromatic carbocycles. The molecular formula is C21H30NO5+. The summed E-state index contributed by atoms with van der Waals surface area (Å²) in [6, 6.07) is 6.97. The van der Waals surface area contributed by atoms with Gasteiger partial charge in [-0.2, -0.15) is 0 Å². The van der Waals surface area contributed by atoms with Gasteiger partial charge in [0.2, 0.25) is 6.04 Å². The molecule has 148 valence electrons. The fourth-order valence-corrected chi connectivity index (χ4v) is 4.52. The third-order valence-corrected chi connectivity index (χ3v) is 6.15. The number of aliphatic hydroxyl groups excluding tert-OH is 1. The van der Waals surface area contributed by atoms with Crippen LogP contribution in [0.15, 0.2) is 24.3 Å². The van der Waals surface area contributed by atoms with Crippen molar-refractivity contribution < 1.29 is 28.9 Å². The van der Waals surface area contributed by atoms with E-state index in [9.17, 15) is 14.7 Å². The maximum Gasteiger partial charge on any atom is 0.399 e. The summed E-state index contributed by atoms with van der Waals surface area (Å²) < 4.78 is 4.75. The summed E-state index contributed by atoms with van der Waals surface area (Å²) in [6.45, 7) is 2.82. The predicted octanol–water partition coefficient (Wildman–Crippen LogP) is 3.01. The van der Waals surface area contributed by atoms with E-state index in [-0.39, 0.29) is 4.65 Å². The molecule has 1 aliphatic carbocycles. The second-order valence-electron chi connectivity index (χ2n) is 7.73. The van der Waals surface area contributed by atoms with Gasteiger partial charge < -0.3 is 9.84 Å². The van der Waals surface area contributed by atoms with Crippen molar-refractivity contribution in [3.8, 4) is 0 Å². The Hall–Kier alpha value is -1.92. The molecule has 0 radical (unpaired) electrons. The second-order valence-corrected chi connectivity index (χ2v) is 7.73. The lowest BCUT2D eigenvalue weighted by Gasteiger charge is -2.34. The number of esters is 1. The molecule has 1 aromatic rings. The van der Waals surface area contributed by atoms with E-state index in [2.05, 4.69) is 0 Å². The summed E-state index contributed by atoms with van der Waals surface area (Å²) in [6.07, 6.45) is 4.90. The van der Waals surface area contributed by atoms with E-state index < -0.39 is 24.1 Å². The number of aliphatic hydroxyl groups is 1. The monoisotopic (exact) mass is 376 g/mol. The van der Waals surface area contributed by atoms with E-state index in [1.165, 1.54) is 20.0 Å². The van der Waals surface area contributed by atoms with Crippen molar-refractivity contribution >= 4 is 11.9 Å². The molecule has 6 heteroatoms. The highest BCUT2D eigenvalue weighted by Crippen LogP contribution is 2.38. The summed E-state index contributed by atoms with van der Waals surface area (Å²) in [5, 5.41) is 10.8. The average molecular weight is 376 g/mol. The van der Waals surface area contributed by atoms with Crippen molar-refractivity contribution in [2.24, 2.45) is 0 Å². The molecule has 2 aliphatic rings. The molecule has 1 heterocycles. The average Bonchev–Trinajstić information content (AvgIpc) is 3.39. The van der Waals surface area contributed by atoms with Gasteiger partial charge in [0, 0.05) is 19.8 Å². The van der Waals surface area contributed by atoms with Gasteiger partial charge in [-0.25, -0.2) is 9.59 Å². The van der Waals surface area contributed by atoms with Crippen molar-refractivity contribution in [1.29, 1.82) is 0 Å². The zero-order valence-corrected chi connectivity index (χ0v) is 16.2. The quantitative estimate of drug-likeness (QED) is 0.610. The summed E-state index contributed by atoms with van der Waals surface area (Å²) in [4.78, 5) is 30.7. The molecule has 1 saturated heterocycles. The van der Waals surface area contributed by atoms with Gasteiger partial charge in [-0.3, -0.25) is 4.84 Å². The number of benzene rings is 1. The molecule has 1 saturated carbocycles. The summed E-state index contributed by atoms with van der Waals surface area (Å²) in [5.41, 5.74) is 1.66. The van der Waals surface area contributed by atoms with Crippen LogP contribution in [0.25, 0.3) is 0 Å². The third kappa shape index (κ3) is 4.01. The number of carbonyl (C=O) groups excluding carboxylic acids is 2. The van der Waals surface area contributed by atoms with Crippen molar-refractivity contribution in [2.45, 2.75) is 63.5 Å². The van der Waals surface area contributed by atoms with E-state index in [0.717, 1.165) is 31.2 Å². The van der Waals surface area contributed by atoms with Gasteiger partial charge >= 0.3 is 11.9 Å². The molecule has 0 bridgehead atoms. The molecule has 6 nitrogen and oxygen atoms in total. The highest BCUT2D eigenvalue weighted by molar-refractivity contribution is 5.77. The Bertz CT molecular complexity index is 677. The first-order valence-corrected chi connectivity index (χ1v) is 9.93. The zero-order chi connectivity index (χ0) is 19.4. The molecule has 0 amide bonds. The zero-order valence-electron chi connectivity index (χ0n) is 16.2. The SMILES string of the molecule is COC(=O)C(C)[N+]1(OC(=O)[C@H](O)c2ccccc2C2CCCC2)CCCC1. The first kappa shape index (κ1) is 19.8. The van der Waals surface area contributed by atoms with Gasteiger partial charge in [0.05, 0.1) is 7.11 Å². The van der Waals surface area contributed by atoms with Crippen molar-refractivity contribution in [1.82, 2.24) is 0 Å². The summed E-state index contributed by atoms with van der Waals surface area (Å²) in [5.74, 6) is -0.726. The van der Waals surface area contributed by atoms with Gasteiger partial charge in [-0.05, 0) is 29.9 Å². The number of hydrogen-bond donors (Lipinski definition) is 1. The maximum atomic E-state index is 12.8. The minimum atomic E-state index is -1.35. The standard InChI is InChI=1S/C21H30NO5/c1-15(20(24)26-2)22(13-7-8-14-22)27-21(25)19(23)18-12-6-5-11-17(18)16-9-3-4-10-16/h5-6,11-12,15-16,19,23H,3-4,7-10,13-14H2,1-2H3/q+1/t15?,19-/m1/s1. The highest BCUT2D eigenvalue weighted by Gasteiger charge is 2.48. The molecule has 1 unspecified atom stereocenters. The fraction of sp³-hybridized carbons (Fsp3) is 0.619. The van der Waals surface area contributed by atoms with E-state index in [1.807, 2.05) is 18.2 Å². The lowest BCUT2D eigenvalue weighted by atomic mass is 9.90. The van der Waals surface area contributed by atoms with Crippen LogP contribution in [0.1, 0.15) is 68.6 Å². The van der Waals surface area contributed by atoms with E-state index in [0.29, 0.717) is 24.6 Å². The molecule has 2 atom stereocenters. The van der Waals surface area contributed by atoms with Gasteiger partial charge in [0.1, 0.15) is 13.1 Å². The molecule has 1 aliphatic heterocycles. The van der Waals surface area contributed by atoms with Crippen LogP contribution in [-0.4, -0.2) is 47.9 Å². The number of carbonyl (C=O) groups is 2. The highest BCUT2D eigenvalue weighted by atomic mass is 16.8. The number of quaternary nitrogens is 1. The van der Waals surface area contributed by atoms with Crippen molar-refractivity contribution in [3.63, 3.8) is 0 Å². The van der Waals surface area contributed by atoms with Crippen LogP contribution in [0.3, 0.4) is 0 Å². The molecule has 3 rings (SSSR count). The molecule has 2 fully saturated rings. The minimum Gasteiger partial charge on any atom is -0.465 e. The molecule has 0 spiro atoms. The number of hydrogen-bond acceptors (Lipinski definition) is 5. The largest absolute Gasteiger partial charge is 0.465 e. The lowest BCUT2D eigenvalue weighted by Crippen LogP contribution is -2.57. The fourth-order valence-electron chi connectivity index (χ4n) is 4.52. The van der Waals surface area contributed by atoms with Crippen LogP contribution < -0.4 is 0 Å². The van der Waals surface area contributed by atoms with Crippen molar-refractivity contribution in [2.75, 3.05) is 20.2 Å². The molecule has 0 aromatic heterocycles. The smallest absolute Gasteiger partial charge is 0.399 e. The van der Waals surface area contributed by atoms with Crippen LogP contribution in [0.2, 0.25) is 0 Å². The molecule has 27 heavy (non-hydrogen) atoms. The Morgan fingerprint density at radius 2 is 1.70 bits per heavy atom. The normalized spacial score (nSPS) is 21.6. The van der Waals surface area contributed by atoms with Gasteiger partial charge in [-0.15, -0.1) is 4.65 Å². The first-order chi connectivity index (χ1) is 13.0. The Kier molecular flexibility index (Phi) is 6.17. The second kappa shape index (κ2) is 8.40. The van der Waals surface area contributed by atoms with Gasteiger partial charge in [0.25, 0.3) is 0 Å². The Labute approximate surface area is 160 Å². The number of methoxy groups -OCH3 is 1. The Morgan fingerprint density at radius 3 is 2.33 bits per heavy atom. The number of rotatable bonds is 6. The Balaban J connectivity index is 1.80. The van der Waals surface area contributed by atoms with E-state index >= 15 is 0 Å². The van der Waals surface area contributed by atoms with E-state index in [4.69, 9.17) is 9.57 Å². The third-order valence-electron chi connectivity index (χ3n) is 6.15. The topological polar surface area (TPSA) is 72.8 Å². The van der Waals surface area contributed by atoms with E-state index in [1.54, 1.807) is 13.0 Å². The van der Waals surface area contributed by atoms with Crippen LogP contribution >= 0.6 is 0 Å². The number of hydroxylamine groups is 3. The molecule has 1 N–H and O–H groups in total. The van der Waals surface area contributed by atoms with Crippen LogP contribution in [0.4, 0.5) is 0 Å². The lowest BCUT2D eigenvalue weighted by molar-refractivity contribution is -1.09. The minimum absolute atomic E-state index is 0.103.